The summed E-state index contributed by atoms with van der Waals surface area (Å²) in [5.74, 6) is 0.556. The summed E-state index contributed by atoms with van der Waals surface area (Å²) in [6, 6.07) is 15.8. The van der Waals surface area contributed by atoms with Gasteiger partial charge in [-0.05, 0) is 12.1 Å². The van der Waals surface area contributed by atoms with Crippen molar-refractivity contribution < 1.29 is 14.5 Å². The number of carbonyl (C=O) groups is 1. The molecule has 3 nitrogen and oxygen atoms in total. The number of carbonyl (C=O) groups excluding carboxylic acids is 1. The lowest BCUT2D eigenvalue weighted by molar-refractivity contribution is 0.112. The first-order valence-corrected chi connectivity index (χ1v) is 5.25. The maximum atomic E-state index is 10.8. The van der Waals surface area contributed by atoms with Gasteiger partial charge < -0.3 is 9.68 Å². The fourth-order valence-electron chi connectivity index (χ4n) is 1.53. The van der Waals surface area contributed by atoms with Crippen molar-refractivity contribution in [2.45, 2.75) is 0 Å². The molecule has 84 valence electrons. The molecule has 0 heterocycles. The molecule has 2 aromatic rings. The van der Waals surface area contributed by atoms with Crippen molar-refractivity contribution in [3.63, 3.8) is 0 Å². The van der Waals surface area contributed by atoms with E-state index in [1.54, 1.807) is 36.4 Å². The monoisotopic (exact) mass is 226 g/mol. The van der Waals surface area contributed by atoms with Gasteiger partial charge in [0.05, 0.1) is 0 Å². The van der Waals surface area contributed by atoms with Crippen LogP contribution in [0.25, 0.3) is 0 Å². The molecule has 0 aliphatic rings. The Morgan fingerprint density at radius 2 is 1.65 bits per heavy atom. The average molecular weight is 226 g/mol. The van der Waals surface area contributed by atoms with Gasteiger partial charge in [0.1, 0.15) is 12.0 Å². The Kier molecular flexibility index (Phi) is 3.57. The lowest BCUT2D eigenvalue weighted by Crippen LogP contribution is -2.38. The first-order chi connectivity index (χ1) is 8.31. The molecule has 17 heavy (non-hydrogen) atoms. The Balaban J connectivity index is 2.20. The van der Waals surface area contributed by atoms with Gasteiger partial charge >= 0.3 is 7.12 Å². The van der Waals surface area contributed by atoms with Gasteiger partial charge in [-0.1, -0.05) is 42.5 Å². The molecule has 2 aromatic carbocycles. The Morgan fingerprint density at radius 1 is 1.00 bits per heavy atom. The largest absolute Gasteiger partial charge is 0.560 e. The Hall–Kier alpha value is -2.07. The SMILES string of the molecule is O=Cc1ccccc1B(O)Oc1ccccc1. The lowest BCUT2D eigenvalue weighted by atomic mass is 9.76. The highest BCUT2D eigenvalue weighted by Crippen LogP contribution is 2.09. The second-order valence-electron chi connectivity index (χ2n) is 3.53. The number of para-hydroxylation sites is 1. The van der Waals surface area contributed by atoms with Crippen LogP contribution >= 0.6 is 0 Å². The van der Waals surface area contributed by atoms with Crippen LogP contribution in [0.3, 0.4) is 0 Å². The van der Waals surface area contributed by atoms with Crippen molar-refractivity contribution in [2.24, 2.45) is 0 Å². The highest BCUT2D eigenvalue weighted by Gasteiger charge is 2.21. The van der Waals surface area contributed by atoms with E-state index in [1.807, 2.05) is 18.2 Å². The molecular formula is C13H11BO3. The van der Waals surface area contributed by atoms with Crippen LogP contribution in [0, 0.1) is 0 Å². The minimum absolute atomic E-state index is 0.427. The van der Waals surface area contributed by atoms with Crippen LogP contribution in [0.1, 0.15) is 10.4 Å². The summed E-state index contributed by atoms with van der Waals surface area (Å²) in [5, 5.41) is 9.90. The van der Waals surface area contributed by atoms with Crippen molar-refractivity contribution in [1.82, 2.24) is 0 Å². The van der Waals surface area contributed by atoms with Crippen molar-refractivity contribution in [2.75, 3.05) is 0 Å². The van der Waals surface area contributed by atoms with Crippen LogP contribution in [0.15, 0.2) is 54.6 Å². The number of aldehydes is 1. The third kappa shape index (κ3) is 2.74. The minimum atomic E-state index is -1.14. The van der Waals surface area contributed by atoms with Crippen LogP contribution in [0.2, 0.25) is 0 Å². The van der Waals surface area contributed by atoms with E-state index in [0.29, 0.717) is 23.1 Å². The minimum Gasteiger partial charge on any atom is -0.532 e. The fourth-order valence-corrected chi connectivity index (χ4v) is 1.53. The summed E-state index contributed by atoms with van der Waals surface area (Å²) >= 11 is 0. The average Bonchev–Trinajstić information content (AvgIpc) is 2.40. The van der Waals surface area contributed by atoms with Crippen molar-refractivity contribution in [3.05, 3.63) is 60.2 Å². The predicted octanol–water partition coefficient (Wildman–Crippen LogP) is 1.27. The molecule has 0 saturated heterocycles. The molecule has 0 atom stereocenters. The van der Waals surface area contributed by atoms with Gasteiger partial charge in [0.15, 0.2) is 0 Å². The number of rotatable bonds is 4. The third-order valence-corrected chi connectivity index (χ3v) is 2.38. The molecule has 0 amide bonds. The molecule has 0 saturated carbocycles. The zero-order valence-electron chi connectivity index (χ0n) is 9.11. The fraction of sp³-hybridized carbons (Fsp3) is 0. The highest BCUT2D eigenvalue weighted by atomic mass is 16.5. The number of hydrogen-bond acceptors (Lipinski definition) is 3. The van der Waals surface area contributed by atoms with E-state index in [0.717, 1.165) is 0 Å². The highest BCUT2D eigenvalue weighted by molar-refractivity contribution is 6.62. The van der Waals surface area contributed by atoms with Crippen molar-refractivity contribution in [3.8, 4) is 5.75 Å². The zero-order chi connectivity index (χ0) is 12.1. The number of benzene rings is 2. The van der Waals surface area contributed by atoms with Crippen molar-refractivity contribution in [1.29, 1.82) is 0 Å². The molecule has 0 bridgehead atoms. The summed E-state index contributed by atoms with van der Waals surface area (Å²) in [6.07, 6.45) is 0.701. The Labute approximate surface area is 99.8 Å². The van der Waals surface area contributed by atoms with E-state index in [1.165, 1.54) is 0 Å². The summed E-state index contributed by atoms with van der Waals surface area (Å²) in [4.78, 5) is 10.8. The second kappa shape index (κ2) is 5.32. The molecule has 0 aliphatic carbocycles. The van der Waals surface area contributed by atoms with Crippen LogP contribution in [0.5, 0.6) is 5.75 Å². The van der Waals surface area contributed by atoms with Gasteiger partial charge in [-0.3, -0.25) is 4.79 Å². The second-order valence-corrected chi connectivity index (χ2v) is 3.53. The molecule has 0 aromatic heterocycles. The maximum absolute atomic E-state index is 10.8. The number of hydrogen-bond donors (Lipinski definition) is 1. The summed E-state index contributed by atoms with van der Waals surface area (Å²) in [6.45, 7) is 0. The van der Waals surface area contributed by atoms with E-state index in [4.69, 9.17) is 4.65 Å². The van der Waals surface area contributed by atoms with Gasteiger partial charge in [0, 0.05) is 11.0 Å². The van der Waals surface area contributed by atoms with Crippen molar-refractivity contribution >= 4 is 18.9 Å². The molecule has 0 unspecified atom stereocenters. The summed E-state index contributed by atoms with van der Waals surface area (Å²) < 4.78 is 5.34. The standard InChI is InChI=1S/C13H11BO3/c15-10-11-6-4-5-9-13(11)14(16)17-12-7-2-1-3-8-12/h1-10,16H. The van der Waals surface area contributed by atoms with Gasteiger partial charge in [-0.2, -0.15) is 0 Å². The molecule has 0 radical (unpaired) electrons. The Morgan fingerprint density at radius 3 is 2.35 bits per heavy atom. The molecule has 0 spiro atoms. The normalized spacial score (nSPS) is 9.71. The van der Waals surface area contributed by atoms with Gasteiger partial charge in [-0.15, -0.1) is 0 Å². The summed E-state index contributed by atoms with van der Waals surface area (Å²) in [7, 11) is -1.14. The zero-order valence-corrected chi connectivity index (χ0v) is 9.11. The molecule has 2 rings (SSSR count). The Bertz CT molecular complexity index is 499. The van der Waals surface area contributed by atoms with Gasteiger partial charge in [0.2, 0.25) is 0 Å². The van der Waals surface area contributed by atoms with Crippen LogP contribution < -0.4 is 10.1 Å². The first kappa shape index (κ1) is 11.4. The topological polar surface area (TPSA) is 46.5 Å². The molecular weight excluding hydrogens is 215 g/mol. The van der Waals surface area contributed by atoms with Crippen LogP contribution in [-0.4, -0.2) is 18.4 Å². The molecule has 4 heteroatoms. The lowest BCUT2D eigenvalue weighted by Gasteiger charge is -2.11. The molecule has 0 fully saturated rings. The van der Waals surface area contributed by atoms with Gasteiger partial charge in [-0.25, -0.2) is 0 Å². The maximum Gasteiger partial charge on any atom is 0.560 e. The molecule has 0 aliphatic heterocycles. The summed E-state index contributed by atoms with van der Waals surface area (Å²) in [5.41, 5.74) is 0.891. The van der Waals surface area contributed by atoms with E-state index in [9.17, 15) is 9.82 Å². The molecule has 1 N–H and O–H groups in total. The van der Waals surface area contributed by atoms with Gasteiger partial charge in [0.25, 0.3) is 0 Å². The quantitative estimate of drug-likeness (QED) is 0.630. The van der Waals surface area contributed by atoms with E-state index in [-0.39, 0.29) is 0 Å². The first-order valence-electron chi connectivity index (χ1n) is 5.25. The van der Waals surface area contributed by atoms with Crippen LogP contribution in [0.4, 0.5) is 0 Å². The van der Waals surface area contributed by atoms with E-state index in [2.05, 4.69) is 0 Å². The van der Waals surface area contributed by atoms with E-state index < -0.39 is 7.12 Å². The predicted molar refractivity (Wildman–Crippen MR) is 66.5 cm³/mol. The van der Waals surface area contributed by atoms with E-state index >= 15 is 0 Å². The van der Waals surface area contributed by atoms with Crippen LogP contribution in [-0.2, 0) is 0 Å². The smallest absolute Gasteiger partial charge is 0.532 e. The third-order valence-electron chi connectivity index (χ3n) is 2.38.